The summed E-state index contributed by atoms with van der Waals surface area (Å²) >= 11 is 0. The highest BCUT2D eigenvalue weighted by molar-refractivity contribution is 7.89. The van der Waals surface area contributed by atoms with Crippen LogP contribution in [0, 0.1) is 12.7 Å². The average molecular weight is 401 g/mol. The van der Waals surface area contributed by atoms with Crippen molar-refractivity contribution in [3.05, 3.63) is 65.7 Å². The molecular weight excluding hydrogens is 381 g/mol. The van der Waals surface area contributed by atoms with E-state index in [1.807, 2.05) is 31.2 Å². The second-order valence-electron chi connectivity index (χ2n) is 6.96. The maximum Gasteiger partial charge on any atom is 0.257 e. The predicted octanol–water partition coefficient (Wildman–Crippen LogP) is 3.75. The summed E-state index contributed by atoms with van der Waals surface area (Å²) in [4.78, 5) is 4.49. The maximum atomic E-state index is 13.4. The Bertz CT molecular complexity index is 1090. The normalized spacial score (nSPS) is 16.4. The highest BCUT2D eigenvalue weighted by Crippen LogP contribution is 2.30. The summed E-state index contributed by atoms with van der Waals surface area (Å²) in [6.07, 6.45) is 1.17. The summed E-state index contributed by atoms with van der Waals surface area (Å²) < 4.78 is 45.6. The average Bonchev–Trinajstić information content (AvgIpc) is 3.18. The molecule has 2 aromatic carbocycles. The van der Waals surface area contributed by atoms with Gasteiger partial charge >= 0.3 is 0 Å². The molecule has 6 nitrogen and oxygen atoms in total. The molecule has 0 aliphatic carbocycles. The van der Waals surface area contributed by atoms with E-state index in [1.165, 1.54) is 22.5 Å². The Morgan fingerprint density at radius 2 is 1.86 bits per heavy atom. The SMILES string of the molecule is Cc1cccc(-c2nc(C3CCN(S(=O)(=O)c4cccc(F)c4)CC3)no2)c1. The van der Waals surface area contributed by atoms with Crippen LogP contribution in [-0.4, -0.2) is 36.0 Å². The van der Waals surface area contributed by atoms with Gasteiger partial charge in [-0.3, -0.25) is 0 Å². The summed E-state index contributed by atoms with van der Waals surface area (Å²) in [5.74, 6) is 0.528. The summed E-state index contributed by atoms with van der Waals surface area (Å²) in [5, 5.41) is 4.10. The predicted molar refractivity (Wildman–Crippen MR) is 102 cm³/mol. The Hall–Kier alpha value is -2.58. The van der Waals surface area contributed by atoms with Gasteiger partial charge in [-0.2, -0.15) is 9.29 Å². The monoisotopic (exact) mass is 401 g/mol. The number of aryl methyl sites for hydroxylation is 1. The Balaban J connectivity index is 1.46. The van der Waals surface area contributed by atoms with Crippen LogP contribution in [0.4, 0.5) is 4.39 Å². The van der Waals surface area contributed by atoms with Gasteiger partial charge in [0.15, 0.2) is 5.82 Å². The fraction of sp³-hybridized carbons (Fsp3) is 0.300. The van der Waals surface area contributed by atoms with Crippen molar-refractivity contribution < 1.29 is 17.3 Å². The maximum absolute atomic E-state index is 13.4. The molecule has 0 radical (unpaired) electrons. The molecule has 0 atom stereocenters. The van der Waals surface area contributed by atoms with Crippen molar-refractivity contribution >= 4 is 10.0 Å². The zero-order valence-corrected chi connectivity index (χ0v) is 16.2. The van der Waals surface area contributed by atoms with Crippen molar-refractivity contribution in [1.82, 2.24) is 14.4 Å². The van der Waals surface area contributed by atoms with E-state index in [1.54, 1.807) is 0 Å². The van der Waals surface area contributed by atoms with Gasteiger partial charge < -0.3 is 4.52 Å². The van der Waals surface area contributed by atoms with E-state index < -0.39 is 15.8 Å². The first kappa shape index (κ1) is 18.8. The van der Waals surface area contributed by atoms with Gasteiger partial charge in [0.05, 0.1) is 4.90 Å². The molecule has 1 aliphatic heterocycles. The van der Waals surface area contributed by atoms with Gasteiger partial charge in [-0.1, -0.05) is 28.9 Å². The van der Waals surface area contributed by atoms with Crippen LogP contribution in [0.2, 0.25) is 0 Å². The highest BCUT2D eigenvalue weighted by Gasteiger charge is 2.32. The number of aromatic nitrogens is 2. The van der Waals surface area contributed by atoms with Gasteiger partial charge in [-0.15, -0.1) is 0 Å². The van der Waals surface area contributed by atoms with Crippen molar-refractivity contribution in [3.63, 3.8) is 0 Å². The van der Waals surface area contributed by atoms with E-state index >= 15 is 0 Å². The number of sulfonamides is 1. The van der Waals surface area contributed by atoms with Gasteiger partial charge in [0.25, 0.3) is 5.89 Å². The molecule has 1 fully saturated rings. The first-order valence-electron chi connectivity index (χ1n) is 9.10. The molecule has 0 bridgehead atoms. The Morgan fingerprint density at radius 1 is 1.11 bits per heavy atom. The van der Waals surface area contributed by atoms with Crippen LogP contribution in [0.3, 0.4) is 0 Å². The minimum Gasteiger partial charge on any atom is -0.334 e. The zero-order valence-electron chi connectivity index (χ0n) is 15.4. The number of hydrogen-bond acceptors (Lipinski definition) is 5. The molecular formula is C20H20FN3O3S. The molecule has 3 aromatic rings. The minimum atomic E-state index is -3.70. The molecule has 0 amide bonds. The van der Waals surface area contributed by atoms with Crippen molar-refractivity contribution in [1.29, 1.82) is 0 Å². The van der Waals surface area contributed by atoms with Crippen LogP contribution < -0.4 is 0 Å². The van der Waals surface area contributed by atoms with E-state index in [0.717, 1.165) is 17.2 Å². The van der Waals surface area contributed by atoms with Crippen LogP contribution in [0.5, 0.6) is 0 Å². The number of benzene rings is 2. The Kier molecular flexibility index (Phi) is 4.99. The second kappa shape index (κ2) is 7.44. The molecule has 0 spiro atoms. The fourth-order valence-electron chi connectivity index (χ4n) is 3.43. The molecule has 1 saturated heterocycles. The van der Waals surface area contributed by atoms with E-state index in [2.05, 4.69) is 10.1 Å². The minimum absolute atomic E-state index is 0.0211. The van der Waals surface area contributed by atoms with Crippen molar-refractivity contribution in [3.8, 4) is 11.5 Å². The molecule has 4 rings (SSSR count). The lowest BCUT2D eigenvalue weighted by Gasteiger charge is -2.29. The molecule has 0 unspecified atom stereocenters. The Labute approximate surface area is 163 Å². The number of hydrogen-bond donors (Lipinski definition) is 0. The Morgan fingerprint density at radius 3 is 2.57 bits per heavy atom. The molecule has 146 valence electrons. The standard InChI is InChI=1S/C20H20FN3O3S/c1-14-4-2-5-16(12-14)20-22-19(23-27-20)15-8-10-24(11-9-15)28(25,26)18-7-3-6-17(21)13-18/h2-7,12-13,15H,8-11H2,1H3. The van der Waals surface area contributed by atoms with E-state index in [-0.39, 0.29) is 10.8 Å². The second-order valence-corrected chi connectivity index (χ2v) is 8.90. The molecule has 8 heteroatoms. The first-order valence-corrected chi connectivity index (χ1v) is 10.5. The largest absolute Gasteiger partial charge is 0.334 e. The summed E-state index contributed by atoms with van der Waals surface area (Å²) in [7, 11) is -3.70. The third kappa shape index (κ3) is 3.70. The number of rotatable bonds is 4. The lowest BCUT2D eigenvalue weighted by atomic mass is 9.97. The fourth-order valence-corrected chi connectivity index (χ4v) is 4.93. The molecule has 28 heavy (non-hydrogen) atoms. The molecule has 1 aliphatic rings. The molecule has 1 aromatic heterocycles. The van der Waals surface area contributed by atoms with Crippen molar-refractivity contribution in [2.24, 2.45) is 0 Å². The summed E-state index contributed by atoms with van der Waals surface area (Å²) in [6.45, 7) is 2.66. The number of halogens is 1. The van der Waals surface area contributed by atoms with Gasteiger partial charge in [0.1, 0.15) is 5.82 Å². The zero-order chi connectivity index (χ0) is 19.7. The van der Waals surface area contributed by atoms with Crippen molar-refractivity contribution in [2.75, 3.05) is 13.1 Å². The smallest absolute Gasteiger partial charge is 0.257 e. The molecule has 0 saturated carbocycles. The van der Waals surface area contributed by atoms with Gasteiger partial charge in [0.2, 0.25) is 10.0 Å². The lowest BCUT2D eigenvalue weighted by Crippen LogP contribution is -2.38. The lowest BCUT2D eigenvalue weighted by molar-refractivity contribution is 0.307. The van der Waals surface area contributed by atoms with E-state index in [0.29, 0.717) is 37.6 Å². The topological polar surface area (TPSA) is 76.3 Å². The quantitative estimate of drug-likeness (QED) is 0.665. The number of nitrogens with zero attached hydrogens (tertiary/aromatic N) is 3. The van der Waals surface area contributed by atoms with Crippen molar-refractivity contribution in [2.45, 2.75) is 30.6 Å². The van der Waals surface area contributed by atoms with Crippen LogP contribution >= 0.6 is 0 Å². The molecule has 2 heterocycles. The number of piperidine rings is 1. The van der Waals surface area contributed by atoms with Gasteiger partial charge in [-0.05, 0) is 50.1 Å². The van der Waals surface area contributed by atoms with Gasteiger partial charge in [0, 0.05) is 24.6 Å². The van der Waals surface area contributed by atoms with Crippen LogP contribution in [0.15, 0.2) is 57.9 Å². The third-order valence-corrected chi connectivity index (χ3v) is 6.85. The van der Waals surface area contributed by atoms with E-state index in [4.69, 9.17) is 4.52 Å². The van der Waals surface area contributed by atoms with Gasteiger partial charge in [-0.25, -0.2) is 12.8 Å². The highest BCUT2D eigenvalue weighted by atomic mass is 32.2. The summed E-state index contributed by atoms with van der Waals surface area (Å²) in [5.41, 5.74) is 1.97. The summed E-state index contributed by atoms with van der Waals surface area (Å²) in [6, 6.07) is 12.9. The van der Waals surface area contributed by atoms with Crippen LogP contribution in [0.25, 0.3) is 11.5 Å². The molecule has 0 N–H and O–H groups in total. The van der Waals surface area contributed by atoms with Crippen LogP contribution in [-0.2, 0) is 10.0 Å². The third-order valence-electron chi connectivity index (χ3n) is 4.96. The first-order chi connectivity index (χ1) is 13.4. The van der Waals surface area contributed by atoms with E-state index in [9.17, 15) is 12.8 Å². The van der Waals surface area contributed by atoms with Crippen LogP contribution in [0.1, 0.15) is 30.1 Å².